The number of aromatic nitrogens is 3. The van der Waals surface area contributed by atoms with Crippen molar-refractivity contribution in [3.63, 3.8) is 0 Å². The van der Waals surface area contributed by atoms with Crippen LogP contribution in [0, 0.1) is 0 Å². The van der Waals surface area contributed by atoms with Crippen molar-refractivity contribution in [2.45, 2.75) is 13.1 Å². The molecule has 0 saturated heterocycles. The summed E-state index contributed by atoms with van der Waals surface area (Å²) in [7, 11) is -1.92. The van der Waals surface area contributed by atoms with Crippen LogP contribution in [0.15, 0.2) is 164 Å². The summed E-state index contributed by atoms with van der Waals surface area (Å²) in [5, 5.41) is 5.66. The Morgan fingerprint density at radius 1 is 0.367 bits per heavy atom. The number of hydrogen-bond acceptors (Lipinski definition) is 3. The van der Waals surface area contributed by atoms with Gasteiger partial charge in [0.1, 0.15) is 8.07 Å². The lowest BCUT2D eigenvalue weighted by Gasteiger charge is -2.20. The van der Waals surface area contributed by atoms with Crippen LogP contribution < -0.4 is 10.4 Å². The summed E-state index contributed by atoms with van der Waals surface area (Å²) in [5.74, 6) is 1.99. The molecule has 49 heavy (non-hydrogen) atoms. The first-order chi connectivity index (χ1) is 24.0. The van der Waals surface area contributed by atoms with Gasteiger partial charge in [-0.25, -0.2) is 15.0 Å². The second-order valence-corrected chi connectivity index (χ2v) is 17.6. The van der Waals surface area contributed by atoms with Crippen molar-refractivity contribution < 1.29 is 0 Å². The molecule has 0 saturated carbocycles. The van der Waals surface area contributed by atoms with Gasteiger partial charge in [-0.3, -0.25) is 0 Å². The summed E-state index contributed by atoms with van der Waals surface area (Å²) in [6.45, 7) is 4.95. The molecule has 3 nitrogen and oxygen atoms in total. The molecule has 4 heteroatoms. The molecule has 0 unspecified atom stereocenters. The molecular formula is C45H33N3Si. The second kappa shape index (κ2) is 11.6. The molecule has 2 heterocycles. The minimum Gasteiger partial charge on any atom is -0.208 e. The van der Waals surface area contributed by atoms with Crippen LogP contribution in [0.2, 0.25) is 13.1 Å². The number of fused-ring (bicyclic) bond motifs is 5. The van der Waals surface area contributed by atoms with Crippen molar-refractivity contribution in [1.82, 2.24) is 15.0 Å². The smallest absolute Gasteiger partial charge is 0.164 e. The average molecular weight is 644 g/mol. The monoisotopic (exact) mass is 643 g/mol. The lowest BCUT2D eigenvalue weighted by Crippen LogP contribution is -2.49. The molecule has 8 aromatic rings. The zero-order valence-electron chi connectivity index (χ0n) is 27.4. The number of benzene rings is 7. The highest BCUT2D eigenvalue weighted by Gasteiger charge is 2.39. The first kappa shape index (κ1) is 29.2. The predicted octanol–water partition coefficient (Wildman–Crippen LogP) is 10.2. The fourth-order valence-electron chi connectivity index (χ4n) is 7.43. The van der Waals surface area contributed by atoms with Crippen LogP contribution in [0.4, 0.5) is 0 Å². The largest absolute Gasteiger partial charge is 0.208 e. The highest BCUT2D eigenvalue weighted by molar-refractivity contribution is 7.05. The van der Waals surface area contributed by atoms with E-state index in [0.29, 0.717) is 17.5 Å². The fraction of sp³-hybridized carbons (Fsp3) is 0.0444. The van der Waals surface area contributed by atoms with E-state index in [1.807, 2.05) is 12.1 Å². The molecule has 0 amide bonds. The highest BCUT2D eigenvalue weighted by atomic mass is 28.3. The molecule has 0 fully saturated rings. The first-order valence-electron chi connectivity index (χ1n) is 16.8. The standard InChI is InChI=1S/C45H33N3Si/c1-49(2)41-27-25-37(29-40(41)39-26-24-33-16-9-10-19-38(33)42(39)49)45-47-43(34-22-20-32(21-23-34)30-12-5-3-6-13-30)46-44(48-45)36-18-11-17-35(28-36)31-14-7-4-8-15-31/h3-29H,1-2H3. The Labute approximate surface area is 287 Å². The maximum atomic E-state index is 5.16. The van der Waals surface area contributed by atoms with Crippen LogP contribution in [-0.2, 0) is 0 Å². The molecule has 0 spiro atoms. The van der Waals surface area contributed by atoms with Crippen molar-refractivity contribution in [2.24, 2.45) is 0 Å². The van der Waals surface area contributed by atoms with Crippen LogP contribution in [-0.4, -0.2) is 23.0 Å². The molecule has 1 aliphatic heterocycles. The SMILES string of the molecule is C[Si]1(C)c2ccc(-c3nc(-c4ccc(-c5ccccc5)cc4)nc(-c4cccc(-c5ccccc5)c4)n3)cc2-c2ccc3ccccc3c21. The molecule has 1 aromatic heterocycles. The van der Waals surface area contributed by atoms with E-state index < -0.39 is 8.07 Å². The maximum Gasteiger partial charge on any atom is 0.164 e. The van der Waals surface area contributed by atoms with Gasteiger partial charge in [0.05, 0.1) is 0 Å². The Bertz CT molecular complexity index is 2510. The van der Waals surface area contributed by atoms with Gasteiger partial charge in [0.2, 0.25) is 0 Å². The zero-order valence-corrected chi connectivity index (χ0v) is 28.4. The van der Waals surface area contributed by atoms with Crippen LogP contribution in [0.3, 0.4) is 0 Å². The van der Waals surface area contributed by atoms with Gasteiger partial charge in [0.15, 0.2) is 17.5 Å². The normalized spacial score (nSPS) is 12.9. The second-order valence-electron chi connectivity index (χ2n) is 13.3. The molecule has 0 radical (unpaired) electrons. The van der Waals surface area contributed by atoms with Crippen LogP contribution in [0.5, 0.6) is 0 Å². The Kier molecular flexibility index (Phi) is 6.92. The summed E-state index contributed by atoms with van der Waals surface area (Å²) in [5.41, 5.74) is 10.2. The van der Waals surface area contributed by atoms with Crippen molar-refractivity contribution >= 4 is 29.2 Å². The van der Waals surface area contributed by atoms with Gasteiger partial charge in [0, 0.05) is 16.7 Å². The lowest BCUT2D eigenvalue weighted by molar-refractivity contribution is 1.07. The minimum atomic E-state index is -1.92. The molecule has 9 rings (SSSR count). The minimum absolute atomic E-state index is 0.659. The van der Waals surface area contributed by atoms with Crippen molar-refractivity contribution in [3.8, 4) is 67.5 Å². The molecule has 0 atom stereocenters. The van der Waals surface area contributed by atoms with Crippen molar-refractivity contribution in [1.29, 1.82) is 0 Å². The van der Waals surface area contributed by atoms with Gasteiger partial charge >= 0.3 is 0 Å². The third-order valence-corrected chi connectivity index (χ3v) is 13.5. The van der Waals surface area contributed by atoms with Gasteiger partial charge < -0.3 is 0 Å². The quantitative estimate of drug-likeness (QED) is 0.175. The van der Waals surface area contributed by atoms with Crippen LogP contribution >= 0.6 is 0 Å². The Balaban J connectivity index is 1.20. The van der Waals surface area contributed by atoms with Crippen LogP contribution in [0.25, 0.3) is 78.3 Å². The average Bonchev–Trinajstić information content (AvgIpc) is 3.41. The summed E-state index contributed by atoms with van der Waals surface area (Å²) >= 11 is 0. The van der Waals surface area contributed by atoms with E-state index in [1.54, 1.807) is 0 Å². The topological polar surface area (TPSA) is 38.7 Å². The van der Waals surface area contributed by atoms with E-state index in [4.69, 9.17) is 15.0 Å². The number of hydrogen-bond donors (Lipinski definition) is 0. The van der Waals surface area contributed by atoms with E-state index >= 15 is 0 Å². The highest BCUT2D eigenvalue weighted by Crippen LogP contribution is 2.35. The fourth-order valence-corrected chi connectivity index (χ4v) is 10.9. The Morgan fingerprint density at radius 2 is 0.878 bits per heavy atom. The third kappa shape index (κ3) is 5.09. The Morgan fingerprint density at radius 3 is 1.59 bits per heavy atom. The molecule has 0 N–H and O–H groups in total. The maximum absolute atomic E-state index is 5.16. The lowest BCUT2D eigenvalue weighted by atomic mass is 9.99. The predicted molar refractivity (Wildman–Crippen MR) is 207 cm³/mol. The summed E-state index contributed by atoms with van der Waals surface area (Å²) in [6.07, 6.45) is 0. The molecule has 0 bridgehead atoms. The van der Waals surface area contributed by atoms with E-state index in [9.17, 15) is 0 Å². The van der Waals surface area contributed by atoms with Gasteiger partial charge in [-0.2, -0.15) is 0 Å². The molecule has 1 aliphatic rings. The van der Waals surface area contributed by atoms with Gasteiger partial charge in [-0.05, 0) is 66.7 Å². The van der Waals surface area contributed by atoms with Gasteiger partial charge in [-0.15, -0.1) is 0 Å². The number of nitrogens with zero attached hydrogens (tertiary/aromatic N) is 3. The van der Waals surface area contributed by atoms with Crippen molar-refractivity contribution in [3.05, 3.63) is 164 Å². The molecule has 232 valence electrons. The van der Waals surface area contributed by atoms with E-state index in [0.717, 1.165) is 33.4 Å². The van der Waals surface area contributed by atoms with E-state index in [1.165, 1.54) is 37.8 Å². The molecule has 0 aliphatic carbocycles. The zero-order chi connectivity index (χ0) is 33.0. The molecule has 7 aromatic carbocycles. The first-order valence-corrected chi connectivity index (χ1v) is 19.8. The third-order valence-electron chi connectivity index (χ3n) is 9.91. The summed E-state index contributed by atoms with van der Waals surface area (Å²) in [6, 6.07) is 58.1. The van der Waals surface area contributed by atoms with E-state index in [-0.39, 0.29) is 0 Å². The number of rotatable bonds is 5. The molecular weight excluding hydrogens is 611 g/mol. The summed E-state index contributed by atoms with van der Waals surface area (Å²) in [4.78, 5) is 15.4. The van der Waals surface area contributed by atoms with Gasteiger partial charge in [0.25, 0.3) is 0 Å². The van der Waals surface area contributed by atoms with E-state index in [2.05, 4.69) is 165 Å². The summed E-state index contributed by atoms with van der Waals surface area (Å²) < 4.78 is 0. The van der Waals surface area contributed by atoms with Gasteiger partial charge in [-0.1, -0.05) is 165 Å². The van der Waals surface area contributed by atoms with Crippen LogP contribution in [0.1, 0.15) is 0 Å². The van der Waals surface area contributed by atoms with Crippen molar-refractivity contribution in [2.75, 3.05) is 0 Å². The Hall–Kier alpha value is -5.97.